The summed E-state index contributed by atoms with van der Waals surface area (Å²) in [5.41, 5.74) is 5.26. The van der Waals surface area contributed by atoms with Crippen LogP contribution in [0.15, 0.2) is 47.5 Å². The van der Waals surface area contributed by atoms with Crippen LogP contribution in [0.25, 0.3) is 0 Å². The molecular weight excluding hydrogens is 592 g/mol. The maximum absolute atomic E-state index is 13.4. The minimum absolute atomic E-state index is 0.212. The lowest BCUT2D eigenvalue weighted by Gasteiger charge is -2.42. The molecule has 1 aliphatic heterocycles. The van der Waals surface area contributed by atoms with Gasteiger partial charge in [0.1, 0.15) is 6.04 Å². The minimum Gasteiger partial charge on any atom is -0.354 e. The van der Waals surface area contributed by atoms with Crippen molar-refractivity contribution in [3.8, 4) is 0 Å². The third-order valence-corrected chi connectivity index (χ3v) is 9.30. The molecule has 12 heteroatoms. The summed E-state index contributed by atoms with van der Waals surface area (Å²) in [7, 11) is -1.70. The van der Waals surface area contributed by atoms with Crippen molar-refractivity contribution in [1.29, 1.82) is 0 Å². The molecule has 202 valence electrons. The number of sulfonamides is 1. The average Bonchev–Trinajstić information content (AvgIpc) is 3.21. The van der Waals surface area contributed by atoms with E-state index >= 15 is 0 Å². The van der Waals surface area contributed by atoms with Crippen molar-refractivity contribution < 1.29 is 13.2 Å². The highest BCUT2D eigenvalue weighted by Gasteiger charge is 2.41. The van der Waals surface area contributed by atoms with Crippen molar-refractivity contribution in [2.75, 3.05) is 32.4 Å². The summed E-state index contributed by atoms with van der Waals surface area (Å²) in [6, 6.07) is 6.93. The zero-order valence-electron chi connectivity index (χ0n) is 21.3. The van der Waals surface area contributed by atoms with Gasteiger partial charge in [-0.1, -0.05) is 17.7 Å². The third-order valence-electron chi connectivity index (χ3n) is 7.34. The molecule has 1 unspecified atom stereocenters. The molecule has 5 rings (SSSR count). The fourth-order valence-corrected chi connectivity index (χ4v) is 7.08. The fraction of sp³-hybridized carbons (Fsp3) is 0.423. The molecule has 1 aromatic carbocycles. The molecule has 1 aliphatic carbocycles. The lowest BCUT2D eigenvalue weighted by atomic mass is 9.95. The van der Waals surface area contributed by atoms with Gasteiger partial charge in [0.25, 0.3) is 0 Å². The molecule has 38 heavy (non-hydrogen) atoms. The number of aryl methyl sites for hydroxylation is 3. The SMILES string of the molecule is Cn1cncc1CCNC(=O)[C@H]1CN(C2c3ccc(Cl)cc3CCc3cc(Br)cnc32)CCN1S(C)(=O)=O. The van der Waals surface area contributed by atoms with Crippen LogP contribution in [0.5, 0.6) is 0 Å². The monoisotopic (exact) mass is 620 g/mol. The van der Waals surface area contributed by atoms with Gasteiger partial charge in [0.05, 0.1) is 24.3 Å². The van der Waals surface area contributed by atoms with Crippen LogP contribution in [0.3, 0.4) is 0 Å². The van der Waals surface area contributed by atoms with E-state index in [0.29, 0.717) is 24.5 Å². The molecule has 0 saturated carbocycles. The van der Waals surface area contributed by atoms with Gasteiger partial charge in [-0.2, -0.15) is 4.31 Å². The zero-order chi connectivity index (χ0) is 27.0. The second-order valence-corrected chi connectivity index (χ2v) is 13.2. The van der Waals surface area contributed by atoms with Crippen LogP contribution >= 0.6 is 27.5 Å². The Morgan fingerprint density at radius 2 is 1.97 bits per heavy atom. The van der Waals surface area contributed by atoms with Crippen molar-refractivity contribution in [3.05, 3.63) is 80.6 Å². The summed E-state index contributed by atoms with van der Waals surface area (Å²) < 4.78 is 29.5. The number of benzene rings is 1. The van der Waals surface area contributed by atoms with Crippen molar-refractivity contribution in [1.82, 2.24) is 29.1 Å². The third kappa shape index (κ3) is 5.67. The molecule has 2 aliphatic rings. The summed E-state index contributed by atoms with van der Waals surface area (Å²) in [5.74, 6) is -0.309. The summed E-state index contributed by atoms with van der Waals surface area (Å²) in [6.45, 7) is 1.31. The molecule has 1 N–H and O–H groups in total. The van der Waals surface area contributed by atoms with Gasteiger partial charge in [-0.05, 0) is 63.7 Å². The Kier molecular flexibility index (Phi) is 7.93. The number of halogens is 2. The van der Waals surface area contributed by atoms with Gasteiger partial charge in [0.15, 0.2) is 0 Å². The van der Waals surface area contributed by atoms with Gasteiger partial charge in [-0.3, -0.25) is 14.7 Å². The Morgan fingerprint density at radius 1 is 1.18 bits per heavy atom. The molecule has 9 nitrogen and oxygen atoms in total. The first-order valence-electron chi connectivity index (χ1n) is 12.5. The predicted molar refractivity (Wildman–Crippen MR) is 149 cm³/mol. The Bertz CT molecular complexity index is 1410. The van der Waals surface area contributed by atoms with Crippen molar-refractivity contribution in [3.63, 3.8) is 0 Å². The van der Waals surface area contributed by atoms with Gasteiger partial charge in [-0.25, -0.2) is 13.4 Å². The van der Waals surface area contributed by atoms with Crippen molar-refractivity contribution in [2.24, 2.45) is 7.05 Å². The van der Waals surface area contributed by atoms with Gasteiger partial charge in [0.2, 0.25) is 15.9 Å². The van der Waals surface area contributed by atoms with Gasteiger partial charge >= 0.3 is 0 Å². The molecule has 0 spiro atoms. The molecule has 0 radical (unpaired) electrons. The largest absolute Gasteiger partial charge is 0.354 e. The number of piperazine rings is 1. The average molecular weight is 622 g/mol. The Hall–Kier alpha value is -2.31. The van der Waals surface area contributed by atoms with Crippen LogP contribution in [0.4, 0.5) is 0 Å². The molecule has 1 saturated heterocycles. The van der Waals surface area contributed by atoms with E-state index in [2.05, 4.69) is 37.2 Å². The highest BCUT2D eigenvalue weighted by molar-refractivity contribution is 9.10. The fourth-order valence-electron chi connectivity index (χ4n) is 5.47. The second kappa shape index (κ2) is 11.1. The second-order valence-electron chi connectivity index (χ2n) is 9.86. The number of pyridine rings is 1. The topological polar surface area (TPSA) is 100 Å². The summed E-state index contributed by atoms with van der Waals surface area (Å²) >= 11 is 9.91. The van der Waals surface area contributed by atoms with E-state index < -0.39 is 16.1 Å². The molecule has 1 amide bonds. The van der Waals surface area contributed by atoms with Crippen LogP contribution in [0.2, 0.25) is 5.02 Å². The molecule has 3 aromatic rings. The summed E-state index contributed by atoms with van der Waals surface area (Å²) in [4.78, 5) is 24.6. The van der Waals surface area contributed by atoms with E-state index in [9.17, 15) is 13.2 Å². The number of carbonyl (C=O) groups is 1. The van der Waals surface area contributed by atoms with E-state index in [-0.39, 0.29) is 25.0 Å². The highest BCUT2D eigenvalue weighted by atomic mass is 79.9. The number of nitrogens with zero attached hydrogens (tertiary/aromatic N) is 5. The lowest BCUT2D eigenvalue weighted by molar-refractivity contribution is -0.126. The van der Waals surface area contributed by atoms with Crippen molar-refractivity contribution >= 4 is 43.5 Å². The van der Waals surface area contributed by atoms with E-state index in [1.807, 2.05) is 29.8 Å². The van der Waals surface area contributed by atoms with Gasteiger partial charge < -0.3 is 9.88 Å². The summed E-state index contributed by atoms with van der Waals surface area (Å²) in [5, 5.41) is 3.63. The molecular formula is C26H30BrClN6O3S. The van der Waals surface area contributed by atoms with Gasteiger partial charge in [0, 0.05) is 67.2 Å². The maximum atomic E-state index is 13.4. The Labute approximate surface area is 236 Å². The first-order valence-corrected chi connectivity index (χ1v) is 15.5. The van der Waals surface area contributed by atoms with E-state index in [0.717, 1.165) is 51.6 Å². The Balaban J connectivity index is 1.45. The van der Waals surface area contributed by atoms with E-state index in [4.69, 9.17) is 16.6 Å². The first kappa shape index (κ1) is 27.3. The number of hydrogen-bond acceptors (Lipinski definition) is 6. The maximum Gasteiger partial charge on any atom is 0.239 e. The standard InChI is InChI=1S/C26H30BrClN6O3S/c1-32-16-29-14-21(32)7-8-30-26(35)23-15-33(9-10-34(23)38(2,36)37)25-22-6-5-20(28)12-17(22)3-4-18-11-19(27)13-31-24(18)25/h5-6,11-14,16,23,25H,3-4,7-10,15H2,1-2H3,(H,30,35)/t23-,25?/m1/s1. The molecule has 3 heterocycles. The first-order chi connectivity index (χ1) is 18.1. The quantitative estimate of drug-likeness (QED) is 0.455. The number of fused-ring (bicyclic) bond motifs is 2. The number of aromatic nitrogens is 3. The number of carbonyl (C=O) groups excluding carboxylic acids is 1. The smallest absolute Gasteiger partial charge is 0.239 e. The van der Waals surface area contributed by atoms with Crippen LogP contribution in [-0.4, -0.2) is 76.5 Å². The number of imidazole rings is 1. The van der Waals surface area contributed by atoms with Crippen LogP contribution in [-0.2, 0) is 41.1 Å². The van der Waals surface area contributed by atoms with Gasteiger partial charge in [-0.15, -0.1) is 0 Å². The highest BCUT2D eigenvalue weighted by Crippen LogP contribution is 2.38. The lowest BCUT2D eigenvalue weighted by Crippen LogP contribution is -2.61. The van der Waals surface area contributed by atoms with E-state index in [1.54, 1.807) is 18.7 Å². The van der Waals surface area contributed by atoms with Crippen molar-refractivity contribution in [2.45, 2.75) is 31.3 Å². The molecule has 2 atom stereocenters. The number of hydrogen-bond donors (Lipinski definition) is 1. The Morgan fingerprint density at radius 3 is 2.71 bits per heavy atom. The van der Waals surface area contributed by atoms with Crippen LogP contribution in [0.1, 0.15) is 34.1 Å². The van der Waals surface area contributed by atoms with Crippen LogP contribution < -0.4 is 5.32 Å². The van der Waals surface area contributed by atoms with Crippen LogP contribution in [0, 0.1) is 0 Å². The van der Waals surface area contributed by atoms with E-state index in [1.165, 1.54) is 4.31 Å². The number of amides is 1. The molecule has 1 fully saturated rings. The molecule has 0 bridgehead atoms. The molecule has 2 aromatic heterocycles. The normalized spacial score (nSPS) is 20.4. The zero-order valence-corrected chi connectivity index (χ0v) is 24.4. The minimum atomic E-state index is -3.60. The number of nitrogens with one attached hydrogen (secondary N) is 1. The predicted octanol–water partition coefficient (Wildman–Crippen LogP) is 2.72. The number of rotatable bonds is 6. The summed E-state index contributed by atoms with van der Waals surface area (Å²) in [6.07, 6.45) is 8.66.